The van der Waals surface area contributed by atoms with Crippen molar-refractivity contribution in [3.63, 3.8) is 0 Å². The van der Waals surface area contributed by atoms with Crippen molar-refractivity contribution in [2.75, 3.05) is 0 Å². The van der Waals surface area contributed by atoms with Crippen molar-refractivity contribution in [2.24, 2.45) is 0 Å². The predicted octanol–water partition coefficient (Wildman–Crippen LogP) is 2.85. The Morgan fingerprint density at radius 1 is 1.20 bits per heavy atom. The lowest BCUT2D eigenvalue weighted by Crippen LogP contribution is -2.01. The lowest BCUT2D eigenvalue weighted by molar-refractivity contribution is 0.810. The summed E-state index contributed by atoms with van der Waals surface area (Å²) in [4.78, 5) is 0. The molecule has 0 saturated heterocycles. The number of nitrogens with one attached hydrogen (secondary N) is 1. The van der Waals surface area contributed by atoms with Gasteiger partial charge in [0.2, 0.25) is 0 Å². The Morgan fingerprint density at radius 2 is 2.00 bits per heavy atom. The van der Waals surface area contributed by atoms with Gasteiger partial charge < -0.3 is 4.57 Å². The maximum Gasteiger partial charge on any atom is 0.191 e. The second kappa shape index (κ2) is 5.19. The van der Waals surface area contributed by atoms with Crippen LogP contribution in [-0.4, -0.2) is 20.0 Å². The maximum absolute atomic E-state index is 9.02. The molecule has 0 fully saturated rings. The van der Waals surface area contributed by atoms with Crippen LogP contribution in [0.5, 0.6) is 0 Å². The summed E-state index contributed by atoms with van der Waals surface area (Å²) in [7, 11) is 0. The number of halogens is 1. The van der Waals surface area contributed by atoms with Gasteiger partial charge in [0.15, 0.2) is 5.69 Å². The van der Waals surface area contributed by atoms with Crippen LogP contribution < -0.4 is 0 Å². The standard InChI is InChI=1S/C14H10ClN5/c15-11-5-3-10(4-6-11)9-20-7-1-2-13(20)14-12(8-16)17-19-18-14/h1-7H,9H2,(H,17,18,19). The van der Waals surface area contributed by atoms with Crippen molar-refractivity contribution in [1.82, 2.24) is 20.0 Å². The molecule has 0 atom stereocenters. The topological polar surface area (TPSA) is 70.3 Å². The van der Waals surface area contributed by atoms with Crippen LogP contribution in [0, 0.1) is 11.3 Å². The average molecular weight is 284 g/mol. The smallest absolute Gasteiger partial charge is 0.191 e. The van der Waals surface area contributed by atoms with E-state index in [1.807, 2.05) is 53.2 Å². The van der Waals surface area contributed by atoms with Gasteiger partial charge in [0.05, 0.1) is 5.69 Å². The van der Waals surface area contributed by atoms with Crippen molar-refractivity contribution < 1.29 is 0 Å². The number of aromatic nitrogens is 4. The van der Waals surface area contributed by atoms with Crippen LogP contribution in [-0.2, 0) is 6.54 Å². The summed E-state index contributed by atoms with van der Waals surface area (Å²) in [6, 6.07) is 13.5. The second-order valence-corrected chi connectivity index (χ2v) is 4.72. The first-order valence-corrected chi connectivity index (χ1v) is 6.36. The molecule has 1 aromatic carbocycles. The summed E-state index contributed by atoms with van der Waals surface area (Å²) in [5.74, 6) is 0. The lowest BCUT2D eigenvalue weighted by Gasteiger charge is -2.07. The fourth-order valence-electron chi connectivity index (χ4n) is 2.04. The van der Waals surface area contributed by atoms with E-state index in [9.17, 15) is 0 Å². The maximum atomic E-state index is 9.02. The van der Waals surface area contributed by atoms with Crippen LogP contribution in [0.15, 0.2) is 42.6 Å². The molecule has 0 amide bonds. The number of hydrogen-bond acceptors (Lipinski definition) is 3. The summed E-state index contributed by atoms with van der Waals surface area (Å²) in [6.07, 6.45) is 1.94. The summed E-state index contributed by atoms with van der Waals surface area (Å²) in [5.41, 5.74) is 2.83. The minimum absolute atomic E-state index is 0.293. The number of nitriles is 1. The summed E-state index contributed by atoms with van der Waals surface area (Å²) < 4.78 is 2.02. The van der Waals surface area contributed by atoms with E-state index < -0.39 is 0 Å². The zero-order valence-corrected chi connectivity index (χ0v) is 11.2. The Labute approximate surface area is 120 Å². The molecule has 3 rings (SSSR count). The monoisotopic (exact) mass is 283 g/mol. The van der Waals surface area contributed by atoms with Crippen LogP contribution in [0.3, 0.4) is 0 Å². The van der Waals surface area contributed by atoms with Crippen LogP contribution in [0.2, 0.25) is 5.02 Å². The fourth-order valence-corrected chi connectivity index (χ4v) is 2.17. The molecule has 1 N–H and O–H groups in total. The second-order valence-electron chi connectivity index (χ2n) is 4.28. The Bertz CT molecular complexity index is 763. The highest BCUT2D eigenvalue weighted by molar-refractivity contribution is 6.30. The third kappa shape index (κ3) is 2.29. The third-order valence-corrected chi connectivity index (χ3v) is 3.24. The SMILES string of the molecule is N#Cc1n[nH]nc1-c1cccn1Cc1ccc(Cl)cc1. The van der Waals surface area contributed by atoms with E-state index >= 15 is 0 Å². The Hall–Kier alpha value is -2.58. The van der Waals surface area contributed by atoms with Gasteiger partial charge in [0, 0.05) is 17.8 Å². The van der Waals surface area contributed by atoms with Crippen molar-refractivity contribution in [2.45, 2.75) is 6.54 Å². The zero-order chi connectivity index (χ0) is 13.9. The number of aromatic amines is 1. The van der Waals surface area contributed by atoms with Gasteiger partial charge in [-0.1, -0.05) is 23.7 Å². The van der Waals surface area contributed by atoms with E-state index in [0.717, 1.165) is 11.3 Å². The number of rotatable bonds is 3. The minimum Gasteiger partial charge on any atom is -0.342 e. The zero-order valence-electron chi connectivity index (χ0n) is 10.4. The van der Waals surface area contributed by atoms with Crippen LogP contribution in [0.25, 0.3) is 11.4 Å². The summed E-state index contributed by atoms with van der Waals surface area (Å²) >= 11 is 5.88. The first-order chi connectivity index (χ1) is 9.78. The largest absolute Gasteiger partial charge is 0.342 e. The Balaban J connectivity index is 1.95. The van der Waals surface area contributed by atoms with Gasteiger partial charge in [-0.05, 0) is 29.8 Å². The first-order valence-electron chi connectivity index (χ1n) is 5.99. The van der Waals surface area contributed by atoms with Gasteiger partial charge in [0.1, 0.15) is 11.8 Å². The molecule has 5 nitrogen and oxygen atoms in total. The highest BCUT2D eigenvalue weighted by Gasteiger charge is 2.13. The van der Waals surface area contributed by atoms with Gasteiger partial charge in [-0.2, -0.15) is 15.6 Å². The van der Waals surface area contributed by atoms with Crippen molar-refractivity contribution in [3.05, 3.63) is 58.9 Å². The molecule has 3 aromatic rings. The molecule has 20 heavy (non-hydrogen) atoms. The van der Waals surface area contributed by atoms with E-state index in [0.29, 0.717) is 23.0 Å². The molecule has 98 valence electrons. The van der Waals surface area contributed by atoms with E-state index in [4.69, 9.17) is 16.9 Å². The third-order valence-electron chi connectivity index (χ3n) is 2.99. The van der Waals surface area contributed by atoms with Gasteiger partial charge in [-0.25, -0.2) is 0 Å². The van der Waals surface area contributed by atoms with E-state index in [1.165, 1.54) is 0 Å². The van der Waals surface area contributed by atoms with E-state index in [2.05, 4.69) is 15.4 Å². The number of nitrogens with zero attached hydrogens (tertiary/aromatic N) is 4. The molecule has 0 radical (unpaired) electrons. The molecule has 2 heterocycles. The first kappa shape index (κ1) is 12.5. The van der Waals surface area contributed by atoms with E-state index in [-0.39, 0.29) is 0 Å². The molecule has 6 heteroatoms. The van der Waals surface area contributed by atoms with Gasteiger partial charge >= 0.3 is 0 Å². The Morgan fingerprint density at radius 3 is 2.75 bits per heavy atom. The molecule has 0 aliphatic rings. The molecular weight excluding hydrogens is 274 g/mol. The molecule has 0 unspecified atom stereocenters. The predicted molar refractivity (Wildman–Crippen MR) is 75.1 cm³/mol. The van der Waals surface area contributed by atoms with Crippen molar-refractivity contribution >= 4 is 11.6 Å². The van der Waals surface area contributed by atoms with Crippen LogP contribution in [0.4, 0.5) is 0 Å². The quantitative estimate of drug-likeness (QED) is 0.803. The van der Waals surface area contributed by atoms with Gasteiger partial charge in [0.25, 0.3) is 0 Å². The van der Waals surface area contributed by atoms with Gasteiger partial charge in [-0.15, -0.1) is 5.10 Å². The fraction of sp³-hybridized carbons (Fsp3) is 0.0714. The molecular formula is C14H10ClN5. The molecule has 0 aliphatic heterocycles. The number of H-pyrrole nitrogens is 1. The molecule has 0 saturated carbocycles. The minimum atomic E-state index is 0.293. The van der Waals surface area contributed by atoms with Crippen LogP contribution in [0.1, 0.15) is 11.3 Å². The number of hydrogen-bond donors (Lipinski definition) is 1. The summed E-state index contributed by atoms with van der Waals surface area (Å²) in [6.45, 7) is 0.678. The highest BCUT2D eigenvalue weighted by atomic mass is 35.5. The van der Waals surface area contributed by atoms with Gasteiger partial charge in [-0.3, -0.25) is 0 Å². The van der Waals surface area contributed by atoms with Crippen LogP contribution >= 0.6 is 11.6 Å². The molecule has 0 aliphatic carbocycles. The lowest BCUT2D eigenvalue weighted by atomic mass is 10.2. The van der Waals surface area contributed by atoms with E-state index in [1.54, 1.807) is 0 Å². The highest BCUT2D eigenvalue weighted by Crippen LogP contribution is 2.21. The average Bonchev–Trinajstić information content (AvgIpc) is 3.09. The molecule has 0 bridgehead atoms. The molecule has 2 aromatic heterocycles. The van der Waals surface area contributed by atoms with Crippen molar-refractivity contribution in [1.29, 1.82) is 5.26 Å². The number of benzene rings is 1. The summed E-state index contributed by atoms with van der Waals surface area (Å²) in [5, 5.41) is 20.1. The molecule has 0 spiro atoms. The Kier molecular flexibility index (Phi) is 3.23. The normalized spacial score (nSPS) is 10.4. The van der Waals surface area contributed by atoms with Crippen molar-refractivity contribution in [3.8, 4) is 17.5 Å².